The Morgan fingerprint density at radius 3 is 2.81 bits per heavy atom. The van der Waals surface area contributed by atoms with Crippen LogP contribution in [0.5, 0.6) is 0 Å². The molecule has 1 amide bonds. The Morgan fingerprint density at radius 1 is 1.19 bits per heavy atom. The predicted octanol–water partition coefficient (Wildman–Crippen LogP) is 4.60. The number of aromatic nitrogens is 1. The number of carbonyl (C=O) groups is 1. The molecule has 1 N–H and O–H groups in total. The van der Waals surface area contributed by atoms with E-state index >= 15 is 0 Å². The number of hydrogen-bond donors (Lipinski definition) is 1. The van der Waals surface area contributed by atoms with Crippen LogP contribution in [0.4, 0.5) is 10.1 Å². The van der Waals surface area contributed by atoms with Crippen LogP contribution in [0.2, 0.25) is 0 Å². The Balaban J connectivity index is 1.48. The monoisotopic (exact) mass is 369 g/mol. The van der Waals surface area contributed by atoms with Crippen LogP contribution in [0.3, 0.4) is 0 Å². The minimum Gasteiger partial charge on any atom is -0.325 e. The normalized spacial score (nSPS) is 18.1. The van der Waals surface area contributed by atoms with E-state index in [1.54, 1.807) is 23.5 Å². The summed E-state index contributed by atoms with van der Waals surface area (Å²) in [6, 6.07) is 14.2. The molecule has 1 aliphatic heterocycles. The van der Waals surface area contributed by atoms with E-state index in [1.807, 2.05) is 18.2 Å². The summed E-state index contributed by atoms with van der Waals surface area (Å²) in [5.74, 6) is -0.389. The van der Waals surface area contributed by atoms with Crippen LogP contribution in [0.15, 0.2) is 48.5 Å². The molecule has 6 heteroatoms. The van der Waals surface area contributed by atoms with Gasteiger partial charge in [0.25, 0.3) is 0 Å². The first-order valence-electron chi connectivity index (χ1n) is 8.84. The molecule has 1 atom stereocenters. The van der Waals surface area contributed by atoms with Gasteiger partial charge < -0.3 is 5.32 Å². The number of likely N-dealkylation sites (tertiary alicyclic amines) is 1. The highest BCUT2D eigenvalue weighted by Gasteiger charge is 2.28. The lowest BCUT2D eigenvalue weighted by molar-refractivity contribution is -0.118. The van der Waals surface area contributed by atoms with E-state index in [0.29, 0.717) is 12.2 Å². The van der Waals surface area contributed by atoms with Gasteiger partial charge in [-0.1, -0.05) is 18.6 Å². The lowest BCUT2D eigenvalue weighted by Gasteiger charge is -2.33. The van der Waals surface area contributed by atoms with Crippen LogP contribution in [0.25, 0.3) is 10.2 Å². The second-order valence-corrected chi connectivity index (χ2v) is 7.62. The van der Waals surface area contributed by atoms with Gasteiger partial charge in [-0.15, -0.1) is 11.3 Å². The van der Waals surface area contributed by atoms with Gasteiger partial charge in [-0.25, -0.2) is 9.37 Å². The Kier molecular flexibility index (Phi) is 4.95. The molecule has 2 aromatic carbocycles. The third kappa shape index (κ3) is 3.76. The molecule has 0 aliphatic carbocycles. The highest BCUT2D eigenvalue weighted by Crippen LogP contribution is 2.35. The average molecular weight is 369 g/mol. The predicted molar refractivity (Wildman–Crippen MR) is 103 cm³/mol. The van der Waals surface area contributed by atoms with Crippen molar-refractivity contribution in [3.8, 4) is 0 Å². The molecule has 0 radical (unpaired) electrons. The maximum Gasteiger partial charge on any atom is 0.238 e. The van der Waals surface area contributed by atoms with E-state index in [0.717, 1.165) is 36.3 Å². The van der Waals surface area contributed by atoms with Crippen LogP contribution < -0.4 is 5.32 Å². The Labute approximate surface area is 155 Å². The molecule has 134 valence electrons. The standard InChI is InChI=1S/C20H20FN3OS/c21-14-8-10-15(11-9-14)22-19(25)13-24-12-4-3-6-17(24)20-23-16-5-1-2-7-18(16)26-20/h1-2,5,7-11,17H,3-4,6,12-13H2,(H,22,25)/t17-/m1/s1. The zero-order valence-corrected chi connectivity index (χ0v) is 15.1. The molecule has 1 saturated heterocycles. The molecule has 4 rings (SSSR count). The molecule has 1 fully saturated rings. The summed E-state index contributed by atoms with van der Waals surface area (Å²) in [7, 11) is 0. The number of nitrogens with one attached hydrogen (secondary N) is 1. The lowest BCUT2D eigenvalue weighted by atomic mass is 10.0. The number of piperidine rings is 1. The zero-order valence-electron chi connectivity index (χ0n) is 14.3. The van der Waals surface area contributed by atoms with Gasteiger partial charge in [0, 0.05) is 5.69 Å². The second-order valence-electron chi connectivity index (χ2n) is 6.56. The summed E-state index contributed by atoms with van der Waals surface area (Å²) in [5, 5.41) is 3.93. The van der Waals surface area contributed by atoms with Gasteiger partial charge in [0.2, 0.25) is 5.91 Å². The van der Waals surface area contributed by atoms with Crippen LogP contribution in [-0.2, 0) is 4.79 Å². The molecule has 1 aromatic heterocycles. The van der Waals surface area contributed by atoms with E-state index in [9.17, 15) is 9.18 Å². The summed E-state index contributed by atoms with van der Waals surface area (Å²) in [6.45, 7) is 1.20. The number of anilines is 1. The quantitative estimate of drug-likeness (QED) is 0.731. The molecule has 1 aliphatic rings. The van der Waals surface area contributed by atoms with Crippen molar-refractivity contribution in [2.75, 3.05) is 18.4 Å². The van der Waals surface area contributed by atoms with Crippen LogP contribution >= 0.6 is 11.3 Å². The number of carbonyl (C=O) groups excluding carboxylic acids is 1. The maximum atomic E-state index is 13.0. The average Bonchev–Trinajstić information content (AvgIpc) is 3.08. The number of nitrogens with zero attached hydrogens (tertiary/aromatic N) is 2. The number of thiazole rings is 1. The maximum absolute atomic E-state index is 13.0. The van der Waals surface area contributed by atoms with E-state index in [1.165, 1.54) is 16.8 Å². The number of halogens is 1. The van der Waals surface area contributed by atoms with Crippen molar-refractivity contribution >= 4 is 33.1 Å². The Morgan fingerprint density at radius 2 is 2.00 bits per heavy atom. The fourth-order valence-electron chi connectivity index (χ4n) is 3.41. The molecular weight excluding hydrogens is 349 g/mol. The molecule has 0 saturated carbocycles. The first-order valence-corrected chi connectivity index (χ1v) is 9.65. The van der Waals surface area contributed by atoms with Gasteiger partial charge in [0.1, 0.15) is 10.8 Å². The summed E-state index contributed by atoms with van der Waals surface area (Å²) in [4.78, 5) is 19.5. The minimum absolute atomic E-state index is 0.0791. The zero-order chi connectivity index (χ0) is 17.9. The molecule has 26 heavy (non-hydrogen) atoms. The first kappa shape index (κ1) is 17.1. The second kappa shape index (κ2) is 7.51. The van der Waals surface area contributed by atoms with Crippen molar-refractivity contribution in [3.63, 3.8) is 0 Å². The van der Waals surface area contributed by atoms with E-state index < -0.39 is 0 Å². The lowest BCUT2D eigenvalue weighted by Crippen LogP contribution is -2.39. The summed E-state index contributed by atoms with van der Waals surface area (Å²) in [6.07, 6.45) is 3.26. The first-order chi connectivity index (χ1) is 12.7. The van der Waals surface area contributed by atoms with Gasteiger partial charge in [-0.2, -0.15) is 0 Å². The largest absolute Gasteiger partial charge is 0.325 e. The van der Waals surface area contributed by atoms with Gasteiger partial charge in [0.05, 0.1) is 22.8 Å². The Bertz CT molecular complexity index is 876. The van der Waals surface area contributed by atoms with Crippen LogP contribution in [0.1, 0.15) is 30.3 Å². The van der Waals surface area contributed by atoms with Gasteiger partial charge in [-0.05, 0) is 55.8 Å². The van der Waals surface area contributed by atoms with Crippen LogP contribution in [-0.4, -0.2) is 28.9 Å². The molecule has 0 spiro atoms. The van der Waals surface area contributed by atoms with Gasteiger partial charge in [0.15, 0.2) is 0 Å². The molecule has 4 nitrogen and oxygen atoms in total. The minimum atomic E-state index is -0.310. The summed E-state index contributed by atoms with van der Waals surface area (Å²) >= 11 is 1.71. The smallest absolute Gasteiger partial charge is 0.238 e. The molecule has 0 unspecified atom stereocenters. The van der Waals surface area contributed by atoms with E-state index in [2.05, 4.69) is 16.3 Å². The number of hydrogen-bond acceptors (Lipinski definition) is 4. The van der Waals surface area contributed by atoms with Crippen molar-refractivity contribution in [3.05, 3.63) is 59.4 Å². The number of benzene rings is 2. The number of fused-ring (bicyclic) bond motifs is 1. The van der Waals surface area contributed by atoms with Crippen molar-refractivity contribution < 1.29 is 9.18 Å². The number of amides is 1. The number of rotatable bonds is 4. The highest BCUT2D eigenvalue weighted by molar-refractivity contribution is 7.18. The fourth-order valence-corrected chi connectivity index (χ4v) is 4.55. The summed E-state index contributed by atoms with van der Waals surface area (Å²) < 4.78 is 14.2. The van der Waals surface area contributed by atoms with E-state index in [-0.39, 0.29) is 17.8 Å². The fraction of sp³-hybridized carbons (Fsp3) is 0.300. The van der Waals surface area contributed by atoms with Crippen molar-refractivity contribution in [2.24, 2.45) is 0 Å². The third-order valence-corrected chi connectivity index (χ3v) is 5.82. The number of para-hydroxylation sites is 1. The molecule has 2 heterocycles. The highest BCUT2D eigenvalue weighted by atomic mass is 32.1. The van der Waals surface area contributed by atoms with Crippen molar-refractivity contribution in [1.82, 2.24) is 9.88 Å². The molecule has 3 aromatic rings. The summed E-state index contributed by atoms with van der Waals surface area (Å²) in [5.41, 5.74) is 1.64. The SMILES string of the molecule is O=C(CN1CCCC[C@@H]1c1nc2ccccc2s1)Nc1ccc(F)cc1. The molecule has 0 bridgehead atoms. The third-order valence-electron chi connectivity index (χ3n) is 4.68. The van der Waals surface area contributed by atoms with Gasteiger partial charge >= 0.3 is 0 Å². The van der Waals surface area contributed by atoms with Crippen molar-refractivity contribution in [2.45, 2.75) is 25.3 Å². The topological polar surface area (TPSA) is 45.2 Å². The Hall–Kier alpha value is -2.31. The molecular formula is C20H20FN3OS. The van der Waals surface area contributed by atoms with E-state index in [4.69, 9.17) is 4.98 Å². The van der Waals surface area contributed by atoms with Crippen LogP contribution in [0, 0.1) is 5.82 Å². The van der Waals surface area contributed by atoms with Crippen molar-refractivity contribution in [1.29, 1.82) is 0 Å². The van der Waals surface area contributed by atoms with Gasteiger partial charge in [-0.3, -0.25) is 9.69 Å².